The third-order valence-electron chi connectivity index (χ3n) is 2.42. The van der Waals surface area contributed by atoms with Crippen LogP contribution in [0.5, 0.6) is 0 Å². The van der Waals surface area contributed by atoms with Gasteiger partial charge < -0.3 is 10.1 Å². The van der Waals surface area contributed by atoms with Crippen molar-refractivity contribution in [3.05, 3.63) is 29.6 Å². The summed E-state index contributed by atoms with van der Waals surface area (Å²) in [5.74, 6) is -0.430. The molecule has 1 atom stereocenters. The van der Waals surface area contributed by atoms with E-state index in [9.17, 15) is 9.18 Å². The van der Waals surface area contributed by atoms with Crippen LogP contribution in [0, 0.1) is 12.7 Å². The average molecular weight is 209 g/mol. The Morgan fingerprint density at radius 3 is 2.87 bits per heavy atom. The molecule has 1 N–H and O–H groups in total. The Hall–Kier alpha value is -1.42. The molecule has 0 saturated carbocycles. The number of carbonyl (C=O) groups is 1. The van der Waals surface area contributed by atoms with Gasteiger partial charge in [-0.2, -0.15) is 0 Å². The highest BCUT2D eigenvalue weighted by Gasteiger charge is 2.26. The lowest BCUT2D eigenvalue weighted by Gasteiger charge is -2.25. The van der Waals surface area contributed by atoms with Crippen LogP contribution in [0.25, 0.3) is 0 Å². The van der Waals surface area contributed by atoms with E-state index >= 15 is 0 Å². The summed E-state index contributed by atoms with van der Waals surface area (Å²) in [5, 5.41) is 2.68. The summed E-state index contributed by atoms with van der Waals surface area (Å²) in [7, 11) is 0. The number of carbonyl (C=O) groups excluding carboxylic acids is 1. The molecular weight excluding hydrogens is 197 g/mol. The fraction of sp³-hybridized carbons (Fsp3) is 0.364. The zero-order valence-electron chi connectivity index (χ0n) is 8.42. The fourth-order valence-corrected chi connectivity index (χ4v) is 1.39. The molecule has 1 aromatic rings. The Labute approximate surface area is 87.2 Å². The van der Waals surface area contributed by atoms with Gasteiger partial charge in [0.05, 0.1) is 6.61 Å². The van der Waals surface area contributed by atoms with Crippen molar-refractivity contribution in [3.8, 4) is 0 Å². The maximum atomic E-state index is 12.9. The van der Waals surface area contributed by atoms with Crippen molar-refractivity contribution in [2.45, 2.75) is 19.4 Å². The van der Waals surface area contributed by atoms with E-state index < -0.39 is 0 Å². The maximum Gasteiger partial charge on any atom is 0.253 e. The zero-order valence-corrected chi connectivity index (χ0v) is 8.42. The van der Waals surface area contributed by atoms with Crippen molar-refractivity contribution in [1.29, 1.82) is 0 Å². The molecule has 0 radical (unpaired) electrons. The minimum absolute atomic E-state index is 0.160. The van der Waals surface area contributed by atoms with Crippen LogP contribution in [-0.2, 0) is 9.53 Å². The van der Waals surface area contributed by atoms with E-state index in [4.69, 9.17) is 4.74 Å². The molecule has 3 nitrogen and oxygen atoms in total. The Kier molecular flexibility index (Phi) is 2.68. The third kappa shape index (κ3) is 2.15. The predicted molar refractivity (Wildman–Crippen MR) is 54.1 cm³/mol. The highest BCUT2D eigenvalue weighted by molar-refractivity contribution is 5.94. The van der Waals surface area contributed by atoms with Crippen LogP contribution in [0.4, 0.5) is 10.1 Å². The van der Waals surface area contributed by atoms with E-state index in [0.717, 1.165) is 6.42 Å². The van der Waals surface area contributed by atoms with Crippen LogP contribution in [0.15, 0.2) is 18.2 Å². The molecule has 0 spiro atoms. The van der Waals surface area contributed by atoms with E-state index in [-0.39, 0.29) is 17.8 Å². The first-order valence-electron chi connectivity index (χ1n) is 4.85. The van der Waals surface area contributed by atoms with Crippen molar-refractivity contribution < 1.29 is 13.9 Å². The molecule has 0 bridgehead atoms. The third-order valence-corrected chi connectivity index (χ3v) is 2.42. The summed E-state index contributed by atoms with van der Waals surface area (Å²) in [4.78, 5) is 11.5. The van der Waals surface area contributed by atoms with Crippen LogP contribution in [0.3, 0.4) is 0 Å². The van der Waals surface area contributed by atoms with E-state index in [0.29, 0.717) is 17.9 Å². The predicted octanol–water partition coefficient (Wildman–Crippen LogP) is 1.86. The lowest BCUT2D eigenvalue weighted by Crippen LogP contribution is -2.38. The number of anilines is 1. The molecular formula is C11H12FNO2. The SMILES string of the molecule is Cc1cc(NC(=O)C2CCO2)ccc1F. The van der Waals surface area contributed by atoms with Crippen LogP contribution in [0.2, 0.25) is 0 Å². The summed E-state index contributed by atoms with van der Waals surface area (Å²) < 4.78 is 18.0. The zero-order chi connectivity index (χ0) is 10.8. The normalized spacial score (nSPS) is 19.5. The quantitative estimate of drug-likeness (QED) is 0.807. The van der Waals surface area contributed by atoms with Crippen molar-refractivity contribution >= 4 is 11.6 Å². The molecule has 1 aromatic carbocycles. The van der Waals surface area contributed by atoms with Crippen LogP contribution >= 0.6 is 0 Å². The number of ether oxygens (including phenoxy) is 1. The van der Waals surface area contributed by atoms with Crippen LogP contribution < -0.4 is 5.32 Å². The van der Waals surface area contributed by atoms with Gasteiger partial charge in [0, 0.05) is 12.1 Å². The Balaban J connectivity index is 2.03. The summed E-state index contributed by atoms with van der Waals surface area (Å²) >= 11 is 0. The van der Waals surface area contributed by atoms with E-state index in [1.165, 1.54) is 6.07 Å². The second-order valence-corrected chi connectivity index (χ2v) is 3.60. The fourth-order valence-electron chi connectivity index (χ4n) is 1.39. The van der Waals surface area contributed by atoms with E-state index in [2.05, 4.69) is 5.32 Å². The molecule has 1 aliphatic rings. The van der Waals surface area contributed by atoms with Crippen molar-refractivity contribution in [2.75, 3.05) is 11.9 Å². The minimum atomic E-state index is -0.338. The molecule has 1 aliphatic heterocycles. The molecule has 1 fully saturated rings. The van der Waals surface area contributed by atoms with Crippen molar-refractivity contribution in [2.24, 2.45) is 0 Å². The summed E-state index contributed by atoms with van der Waals surface area (Å²) in [6, 6.07) is 4.48. The van der Waals surface area contributed by atoms with Crippen LogP contribution in [-0.4, -0.2) is 18.6 Å². The summed E-state index contributed by atoms with van der Waals surface area (Å²) in [5.41, 5.74) is 1.12. The molecule has 80 valence electrons. The number of amides is 1. The van der Waals surface area contributed by atoms with Gasteiger partial charge in [0.25, 0.3) is 5.91 Å². The van der Waals surface area contributed by atoms with Crippen molar-refractivity contribution in [1.82, 2.24) is 0 Å². The molecule has 15 heavy (non-hydrogen) atoms. The summed E-state index contributed by atoms with van der Waals surface area (Å²) in [6.07, 6.45) is 0.418. The van der Waals surface area contributed by atoms with Gasteiger partial charge in [-0.25, -0.2) is 4.39 Å². The largest absolute Gasteiger partial charge is 0.368 e. The van der Waals surface area contributed by atoms with Crippen LogP contribution in [0.1, 0.15) is 12.0 Å². The van der Waals surface area contributed by atoms with E-state index in [1.807, 2.05) is 0 Å². The second-order valence-electron chi connectivity index (χ2n) is 3.60. The standard InChI is InChI=1S/C11H12FNO2/c1-7-6-8(2-3-9(7)12)13-11(14)10-4-5-15-10/h2-3,6,10H,4-5H2,1H3,(H,13,14). The first kappa shape index (κ1) is 10.1. The van der Waals surface area contributed by atoms with Crippen molar-refractivity contribution in [3.63, 3.8) is 0 Å². The van der Waals surface area contributed by atoms with E-state index in [1.54, 1.807) is 19.1 Å². The molecule has 0 aliphatic carbocycles. The number of nitrogens with one attached hydrogen (secondary N) is 1. The Morgan fingerprint density at radius 1 is 1.60 bits per heavy atom. The van der Waals surface area contributed by atoms with Gasteiger partial charge in [-0.1, -0.05) is 0 Å². The minimum Gasteiger partial charge on any atom is -0.368 e. The lowest BCUT2D eigenvalue weighted by atomic mass is 10.1. The average Bonchev–Trinajstić information content (AvgIpc) is 2.08. The monoisotopic (exact) mass is 209 g/mol. The van der Waals surface area contributed by atoms with Gasteiger partial charge in [0.1, 0.15) is 11.9 Å². The Morgan fingerprint density at radius 2 is 2.33 bits per heavy atom. The number of benzene rings is 1. The maximum absolute atomic E-state index is 12.9. The lowest BCUT2D eigenvalue weighted by molar-refractivity contribution is -0.139. The van der Waals surface area contributed by atoms with Gasteiger partial charge in [-0.05, 0) is 30.7 Å². The first-order chi connectivity index (χ1) is 7.16. The molecule has 1 saturated heterocycles. The first-order valence-corrected chi connectivity index (χ1v) is 4.85. The smallest absolute Gasteiger partial charge is 0.253 e. The number of hydrogen-bond acceptors (Lipinski definition) is 2. The van der Waals surface area contributed by atoms with Gasteiger partial charge in [0.15, 0.2) is 0 Å². The molecule has 4 heteroatoms. The Bertz CT molecular complexity index is 388. The number of halogens is 1. The number of hydrogen-bond donors (Lipinski definition) is 1. The highest BCUT2D eigenvalue weighted by Crippen LogP contribution is 2.17. The number of aryl methyl sites for hydroxylation is 1. The molecule has 2 rings (SSSR count). The summed E-state index contributed by atoms with van der Waals surface area (Å²) in [6.45, 7) is 2.30. The molecule has 1 unspecified atom stereocenters. The van der Waals surface area contributed by atoms with Gasteiger partial charge in [-0.15, -0.1) is 0 Å². The molecule has 1 heterocycles. The number of rotatable bonds is 2. The molecule has 0 aromatic heterocycles. The topological polar surface area (TPSA) is 38.3 Å². The van der Waals surface area contributed by atoms with Gasteiger partial charge in [-0.3, -0.25) is 4.79 Å². The highest BCUT2D eigenvalue weighted by atomic mass is 19.1. The van der Waals surface area contributed by atoms with Gasteiger partial charge >= 0.3 is 0 Å². The second kappa shape index (κ2) is 3.98. The molecule has 1 amide bonds. The van der Waals surface area contributed by atoms with Gasteiger partial charge in [0.2, 0.25) is 0 Å².